The van der Waals surface area contributed by atoms with Crippen LogP contribution in [0.25, 0.3) is 0 Å². The second-order valence-electron chi connectivity index (χ2n) is 4.46. The van der Waals surface area contributed by atoms with Crippen LogP contribution in [-0.4, -0.2) is 46.2 Å². The van der Waals surface area contributed by atoms with Crippen molar-refractivity contribution >= 4 is 5.97 Å². The largest absolute Gasteiger partial charge is 0.477 e. The van der Waals surface area contributed by atoms with Gasteiger partial charge in [0.2, 0.25) is 0 Å². The van der Waals surface area contributed by atoms with Crippen molar-refractivity contribution in [3.8, 4) is 0 Å². The minimum Gasteiger partial charge on any atom is -0.477 e. The van der Waals surface area contributed by atoms with E-state index in [9.17, 15) is 14.4 Å². The molecule has 100 valence electrons. The zero-order valence-corrected chi connectivity index (χ0v) is 10.6. The highest BCUT2D eigenvalue weighted by Crippen LogP contribution is 2.07. The lowest BCUT2D eigenvalue weighted by Gasteiger charge is -2.17. The minimum absolute atomic E-state index is 0.185. The molecule has 0 fully saturated rings. The number of nitrogens with one attached hydrogen (secondary N) is 1. The number of aromatic carboxylic acids is 1. The number of carboxylic acid groups (broad SMARTS) is 1. The number of aromatic amines is 1. The molecule has 1 unspecified atom stereocenters. The van der Waals surface area contributed by atoms with Gasteiger partial charge in [-0.2, -0.15) is 0 Å². The summed E-state index contributed by atoms with van der Waals surface area (Å²) in [5, 5.41) is 8.84. The van der Waals surface area contributed by atoms with Crippen LogP contribution in [0.4, 0.5) is 0 Å². The third kappa shape index (κ3) is 3.30. The summed E-state index contributed by atoms with van der Waals surface area (Å²) < 4.78 is 1.24. The predicted octanol–water partition coefficient (Wildman–Crippen LogP) is -0.252. The van der Waals surface area contributed by atoms with Crippen molar-refractivity contribution in [2.24, 2.45) is 0 Å². The molecule has 0 aromatic carbocycles. The van der Waals surface area contributed by atoms with Gasteiger partial charge in [-0.1, -0.05) is 0 Å². The molecule has 0 amide bonds. The van der Waals surface area contributed by atoms with Crippen LogP contribution in [0, 0.1) is 0 Å². The van der Waals surface area contributed by atoms with Gasteiger partial charge in [0.25, 0.3) is 5.56 Å². The van der Waals surface area contributed by atoms with E-state index >= 15 is 0 Å². The summed E-state index contributed by atoms with van der Waals surface area (Å²) in [6, 6.07) is -0.185. The molecule has 0 radical (unpaired) electrons. The van der Waals surface area contributed by atoms with Gasteiger partial charge in [-0.25, -0.2) is 9.59 Å². The van der Waals surface area contributed by atoms with Crippen LogP contribution in [0.5, 0.6) is 0 Å². The molecule has 1 rings (SSSR count). The molecule has 0 aliphatic rings. The smallest absolute Gasteiger partial charge is 0.342 e. The third-order valence-electron chi connectivity index (χ3n) is 2.67. The Labute approximate surface area is 104 Å². The molecule has 1 heterocycles. The Hall–Kier alpha value is -1.89. The second-order valence-corrected chi connectivity index (χ2v) is 4.46. The van der Waals surface area contributed by atoms with Gasteiger partial charge >= 0.3 is 11.7 Å². The van der Waals surface area contributed by atoms with E-state index in [1.165, 1.54) is 4.57 Å². The summed E-state index contributed by atoms with van der Waals surface area (Å²) >= 11 is 0. The van der Waals surface area contributed by atoms with Gasteiger partial charge in [-0.15, -0.1) is 0 Å². The summed E-state index contributed by atoms with van der Waals surface area (Å²) in [6.45, 7) is 2.56. The minimum atomic E-state index is -1.34. The van der Waals surface area contributed by atoms with E-state index in [1.807, 2.05) is 24.0 Å². The Morgan fingerprint density at radius 3 is 2.61 bits per heavy atom. The summed E-state index contributed by atoms with van der Waals surface area (Å²) in [5.41, 5.74) is -1.88. The molecule has 7 heteroatoms. The van der Waals surface area contributed by atoms with Gasteiger partial charge in [-0.3, -0.25) is 14.3 Å². The lowest BCUT2D eigenvalue weighted by molar-refractivity contribution is 0.0693. The average Bonchev–Trinajstić information content (AvgIpc) is 2.25. The van der Waals surface area contributed by atoms with Crippen molar-refractivity contribution in [3.63, 3.8) is 0 Å². The fourth-order valence-electron chi connectivity index (χ4n) is 1.55. The first-order valence-electron chi connectivity index (χ1n) is 5.56. The third-order valence-corrected chi connectivity index (χ3v) is 2.67. The molecule has 0 aliphatic carbocycles. The second kappa shape index (κ2) is 5.63. The number of rotatable bonds is 5. The van der Waals surface area contributed by atoms with E-state index in [0.29, 0.717) is 6.42 Å². The molecule has 0 saturated carbocycles. The standard InChI is InChI=1S/C11H17N3O4/c1-7(4-5-13(2)3)14-6-8(10(16)17)9(15)12-11(14)18/h6-7H,4-5H2,1-3H3,(H,16,17)(H,12,15,18). The van der Waals surface area contributed by atoms with Crippen molar-refractivity contribution < 1.29 is 9.90 Å². The number of aromatic nitrogens is 2. The monoisotopic (exact) mass is 255 g/mol. The Balaban J connectivity index is 3.09. The van der Waals surface area contributed by atoms with E-state index in [-0.39, 0.29) is 6.04 Å². The molecule has 1 aromatic rings. The predicted molar refractivity (Wildman–Crippen MR) is 66.2 cm³/mol. The normalized spacial score (nSPS) is 12.7. The molecule has 0 aliphatic heterocycles. The summed E-state index contributed by atoms with van der Waals surface area (Å²) in [7, 11) is 3.82. The van der Waals surface area contributed by atoms with Crippen LogP contribution in [0.1, 0.15) is 29.7 Å². The van der Waals surface area contributed by atoms with Crippen molar-refractivity contribution in [3.05, 3.63) is 32.6 Å². The lowest BCUT2D eigenvalue weighted by atomic mass is 10.2. The fraction of sp³-hybridized carbons (Fsp3) is 0.545. The highest BCUT2D eigenvalue weighted by Gasteiger charge is 2.14. The number of carbonyl (C=O) groups is 1. The van der Waals surface area contributed by atoms with Crippen LogP contribution >= 0.6 is 0 Å². The van der Waals surface area contributed by atoms with E-state index in [4.69, 9.17) is 5.11 Å². The fourth-order valence-corrected chi connectivity index (χ4v) is 1.55. The van der Waals surface area contributed by atoms with Crippen LogP contribution in [0.15, 0.2) is 15.8 Å². The lowest BCUT2D eigenvalue weighted by Crippen LogP contribution is -2.35. The topological polar surface area (TPSA) is 95.4 Å². The van der Waals surface area contributed by atoms with Crippen LogP contribution in [0.3, 0.4) is 0 Å². The zero-order valence-electron chi connectivity index (χ0n) is 10.6. The van der Waals surface area contributed by atoms with Gasteiger partial charge in [-0.05, 0) is 34.0 Å². The van der Waals surface area contributed by atoms with Gasteiger partial charge in [0.05, 0.1) is 0 Å². The maximum Gasteiger partial charge on any atom is 0.342 e. The molecule has 7 nitrogen and oxygen atoms in total. The van der Waals surface area contributed by atoms with Gasteiger partial charge < -0.3 is 10.0 Å². The first kappa shape index (κ1) is 14.2. The van der Waals surface area contributed by atoms with E-state index < -0.39 is 22.8 Å². The molecule has 0 saturated heterocycles. The summed E-state index contributed by atoms with van der Waals surface area (Å²) in [5.74, 6) is -1.34. The zero-order chi connectivity index (χ0) is 13.9. The molecule has 2 N–H and O–H groups in total. The van der Waals surface area contributed by atoms with Gasteiger partial charge in [0, 0.05) is 12.2 Å². The van der Waals surface area contributed by atoms with E-state index in [2.05, 4.69) is 0 Å². The highest BCUT2D eigenvalue weighted by molar-refractivity contribution is 5.86. The maximum atomic E-state index is 11.6. The molecule has 0 spiro atoms. The molecule has 1 aromatic heterocycles. The van der Waals surface area contributed by atoms with Crippen molar-refractivity contribution in [1.29, 1.82) is 0 Å². The number of hydrogen-bond donors (Lipinski definition) is 2. The SMILES string of the molecule is CC(CCN(C)C)n1cc(C(=O)O)c(=O)[nH]c1=O. The quantitative estimate of drug-likeness (QED) is 0.756. The average molecular weight is 255 g/mol. The van der Waals surface area contributed by atoms with Crippen molar-refractivity contribution in [1.82, 2.24) is 14.5 Å². The molecule has 0 bridgehead atoms. The Bertz CT molecular complexity index is 544. The Morgan fingerprint density at radius 1 is 1.50 bits per heavy atom. The van der Waals surface area contributed by atoms with Crippen molar-refractivity contribution in [2.75, 3.05) is 20.6 Å². The number of hydrogen-bond acceptors (Lipinski definition) is 4. The molecule has 1 atom stereocenters. The first-order chi connectivity index (χ1) is 8.32. The molecular weight excluding hydrogens is 238 g/mol. The summed E-state index contributed by atoms with van der Waals surface area (Å²) in [6.07, 6.45) is 1.78. The number of carboxylic acids is 1. The molecular formula is C11H17N3O4. The summed E-state index contributed by atoms with van der Waals surface area (Å²) in [4.78, 5) is 37.7. The number of H-pyrrole nitrogens is 1. The number of nitrogens with zero attached hydrogens (tertiary/aromatic N) is 2. The van der Waals surface area contributed by atoms with E-state index in [1.54, 1.807) is 6.92 Å². The Kier molecular flexibility index (Phi) is 4.43. The highest BCUT2D eigenvalue weighted by atomic mass is 16.4. The van der Waals surface area contributed by atoms with Gasteiger partial charge in [0.1, 0.15) is 5.56 Å². The Morgan fingerprint density at radius 2 is 2.11 bits per heavy atom. The van der Waals surface area contributed by atoms with Crippen LogP contribution in [0.2, 0.25) is 0 Å². The molecule has 18 heavy (non-hydrogen) atoms. The van der Waals surface area contributed by atoms with Crippen LogP contribution in [-0.2, 0) is 0 Å². The van der Waals surface area contributed by atoms with Crippen LogP contribution < -0.4 is 11.2 Å². The van der Waals surface area contributed by atoms with Gasteiger partial charge in [0.15, 0.2) is 0 Å². The first-order valence-corrected chi connectivity index (χ1v) is 5.56. The van der Waals surface area contributed by atoms with Crippen molar-refractivity contribution in [2.45, 2.75) is 19.4 Å². The maximum absolute atomic E-state index is 11.6. The van der Waals surface area contributed by atoms with E-state index in [0.717, 1.165) is 12.7 Å².